The highest BCUT2D eigenvalue weighted by Crippen LogP contribution is 2.21. The number of hydrogen-bond donors (Lipinski definition) is 1. The molecule has 0 bridgehead atoms. The van der Waals surface area contributed by atoms with Crippen LogP contribution in [0, 0.1) is 0 Å². The highest BCUT2D eigenvalue weighted by atomic mass is 32.1. The third-order valence-corrected chi connectivity index (χ3v) is 6.37. The van der Waals surface area contributed by atoms with Crippen LogP contribution < -0.4 is 15.0 Å². The molecule has 2 aromatic carbocycles. The van der Waals surface area contributed by atoms with Crippen LogP contribution in [0.5, 0.6) is 5.75 Å². The molecule has 3 aromatic rings. The second-order valence-corrected chi connectivity index (χ2v) is 8.59. The Kier molecular flexibility index (Phi) is 7.07. The lowest BCUT2D eigenvalue weighted by atomic mass is 10.2. The van der Waals surface area contributed by atoms with Crippen molar-refractivity contribution in [2.45, 2.75) is 13.3 Å². The third kappa shape index (κ3) is 5.48. The molecule has 1 fully saturated rings. The first-order chi connectivity index (χ1) is 15.6. The molecule has 1 saturated heterocycles. The summed E-state index contributed by atoms with van der Waals surface area (Å²) in [5, 5.41) is 4.80. The number of amides is 2. The van der Waals surface area contributed by atoms with Crippen molar-refractivity contribution in [2.75, 3.05) is 43.0 Å². The lowest BCUT2D eigenvalue weighted by Crippen LogP contribution is -2.48. The summed E-state index contributed by atoms with van der Waals surface area (Å²) in [5.74, 6) is 0.601. The second kappa shape index (κ2) is 10.3. The van der Waals surface area contributed by atoms with E-state index in [4.69, 9.17) is 4.74 Å². The molecule has 0 atom stereocenters. The number of ether oxygens (including phenoxy) is 1. The molecule has 4 rings (SSSR count). The van der Waals surface area contributed by atoms with Crippen LogP contribution >= 0.6 is 11.3 Å². The molecule has 0 unspecified atom stereocenters. The first kappa shape index (κ1) is 21.9. The van der Waals surface area contributed by atoms with E-state index in [-0.39, 0.29) is 18.4 Å². The maximum absolute atomic E-state index is 12.5. The van der Waals surface area contributed by atoms with Gasteiger partial charge in [0, 0.05) is 37.6 Å². The molecule has 1 aliphatic heterocycles. The Hall–Kier alpha value is -3.32. The van der Waals surface area contributed by atoms with E-state index < -0.39 is 0 Å². The van der Waals surface area contributed by atoms with Crippen molar-refractivity contribution in [3.8, 4) is 5.75 Å². The van der Waals surface area contributed by atoms with Gasteiger partial charge in [0.15, 0.2) is 6.61 Å². The Labute approximate surface area is 192 Å². The van der Waals surface area contributed by atoms with Gasteiger partial charge in [-0.15, -0.1) is 11.3 Å². The molecule has 7 heteroatoms. The monoisotopic (exact) mass is 449 g/mol. The summed E-state index contributed by atoms with van der Waals surface area (Å²) in [6, 6.07) is 19.3. The number of carbonyl (C=O) groups excluding carboxylic acids is 2. The fourth-order valence-electron chi connectivity index (χ4n) is 3.65. The first-order valence-electron chi connectivity index (χ1n) is 10.8. The molecule has 1 aromatic heterocycles. The van der Waals surface area contributed by atoms with Crippen molar-refractivity contribution in [3.05, 3.63) is 76.5 Å². The average Bonchev–Trinajstić information content (AvgIpc) is 3.38. The van der Waals surface area contributed by atoms with Crippen molar-refractivity contribution in [3.63, 3.8) is 0 Å². The maximum atomic E-state index is 12.5. The minimum Gasteiger partial charge on any atom is -0.484 e. The minimum atomic E-state index is -0.196. The summed E-state index contributed by atoms with van der Waals surface area (Å²) in [6.45, 7) is 5.04. The lowest BCUT2D eigenvalue weighted by Gasteiger charge is -2.36. The van der Waals surface area contributed by atoms with Gasteiger partial charge in [0.25, 0.3) is 11.8 Å². The Morgan fingerprint density at radius 2 is 1.69 bits per heavy atom. The van der Waals surface area contributed by atoms with Gasteiger partial charge in [-0.1, -0.05) is 25.1 Å². The summed E-state index contributed by atoms with van der Waals surface area (Å²) < 4.78 is 5.56. The summed E-state index contributed by atoms with van der Waals surface area (Å²) >= 11 is 1.48. The summed E-state index contributed by atoms with van der Waals surface area (Å²) in [4.78, 5) is 29.7. The van der Waals surface area contributed by atoms with Gasteiger partial charge in [-0.05, 0) is 59.8 Å². The summed E-state index contributed by atoms with van der Waals surface area (Å²) in [5.41, 5.74) is 3.05. The van der Waals surface area contributed by atoms with E-state index in [1.165, 1.54) is 16.9 Å². The van der Waals surface area contributed by atoms with Crippen molar-refractivity contribution in [1.82, 2.24) is 4.90 Å². The van der Waals surface area contributed by atoms with Gasteiger partial charge < -0.3 is 19.9 Å². The van der Waals surface area contributed by atoms with Crippen molar-refractivity contribution >= 4 is 34.5 Å². The van der Waals surface area contributed by atoms with E-state index >= 15 is 0 Å². The fraction of sp³-hybridized carbons (Fsp3) is 0.280. The molecule has 32 heavy (non-hydrogen) atoms. The van der Waals surface area contributed by atoms with E-state index in [0.717, 1.165) is 35.8 Å². The Balaban J connectivity index is 1.24. The fourth-order valence-corrected chi connectivity index (χ4v) is 4.34. The number of anilines is 2. The summed E-state index contributed by atoms with van der Waals surface area (Å²) in [6.07, 6.45) is 0.972. The van der Waals surface area contributed by atoms with Gasteiger partial charge in [0.1, 0.15) is 5.75 Å². The van der Waals surface area contributed by atoms with Gasteiger partial charge in [0.05, 0.1) is 4.88 Å². The largest absolute Gasteiger partial charge is 0.484 e. The van der Waals surface area contributed by atoms with Crippen LogP contribution in [0.3, 0.4) is 0 Å². The smallest absolute Gasteiger partial charge is 0.264 e. The number of thiophene rings is 1. The number of carbonyl (C=O) groups is 2. The molecule has 0 spiro atoms. The van der Waals surface area contributed by atoms with E-state index in [0.29, 0.717) is 18.8 Å². The van der Waals surface area contributed by atoms with Crippen LogP contribution in [-0.2, 0) is 11.2 Å². The minimum absolute atomic E-state index is 0.0343. The molecule has 1 N–H and O–H groups in total. The predicted octanol–water partition coefficient (Wildman–Crippen LogP) is 4.29. The molecule has 6 nitrogen and oxygen atoms in total. The Bertz CT molecular complexity index is 1030. The highest BCUT2D eigenvalue weighted by Gasteiger charge is 2.22. The maximum Gasteiger partial charge on any atom is 0.264 e. The topological polar surface area (TPSA) is 61.9 Å². The number of rotatable bonds is 7. The quantitative estimate of drug-likeness (QED) is 0.585. The third-order valence-electron chi connectivity index (χ3n) is 5.52. The van der Waals surface area contributed by atoms with Crippen LogP contribution in [0.15, 0.2) is 66.0 Å². The molecule has 2 amide bonds. The Morgan fingerprint density at radius 3 is 2.31 bits per heavy atom. The van der Waals surface area contributed by atoms with E-state index in [2.05, 4.69) is 17.1 Å². The average molecular weight is 450 g/mol. The second-order valence-electron chi connectivity index (χ2n) is 7.64. The van der Waals surface area contributed by atoms with E-state index in [1.54, 1.807) is 0 Å². The van der Waals surface area contributed by atoms with Crippen molar-refractivity contribution < 1.29 is 14.3 Å². The van der Waals surface area contributed by atoms with Crippen molar-refractivity contribution in [1.29, 1.82) is 0 Å². The van der Waals surface area contributed by atoms with Crippen LogP contribution in [0.2, 0.25) is 0 Å². The number of benzene rings is 2. The zero-order chi connectivity index (χ0) is 22.3. The molecule has 1 aliphatic rings. The number of hydrogen-bond acceptors (Lipinski definition) is 5. The molecule has 0 aliphatic carbocycles. The standard InChI is InChI=1S/C25H27N3O3S/c1-2-19-5-11-22(12-6-19)31-18-24(29)26-20-7-9-21(10-8-20)27-13-15-28(16-14-27)25(30)23-4-3-17-32-23/h3-12,17H,2,13-16,18H2,1H3,(H,26,29). The van der Waals surface area contributed by atoms with Crippen LogP contribution in [0.25, 0.3) is 0 Å². The molecule has 0 radical (unpaired) electrons. The van der Waals surface area contributed by atoms with E-state index in [9.17, 15) is 9.59 Å². The number of nitrogens with zero attached hydrogens (tertiary/aromatic N) is 2. The zero-order valence-corrected chi connectivity index (χ0v) is 18.9. The molecule has 166 valence electrons. The SMILES string of the molecule is CCc1ccc(OCC(=O)Nc2ccc(N3CCN(C(=O)c4cccs4)CC3)cc2)cc1. The van der Waals surface area contributed by atoms with Crippen LogP contribution in [0.4, 0.5) is 11.4 Å². The number of nitrogens with one attached hydrogen (secondary N) is 1. The van der Waals surface area contributed by atoms with Gasteiger partial charge in [-0.25, -0.2) is 0 Å². The van der Waals surface area contributed by atoms with Crippen molar-refractivity contribution in [2.24, 2.45) is 0 Å². The molecule has 0 saturated carbocycles. The van der Waals surface area contributed by atoms with E-state index in [1.807, 2.05) is 70.9 Å². The van der Waals surface area contributed by atoms with Gasteiger partial charge in [-0.3, -0.25) is 9.59 Å². The van der Waals surface area contributed by atoms with Gasteiger partial charge in [-0.2, -0.15) is 0 Å². The highest BCUT2D eigenvalue weighted by molar-refractivity contribution is 7.12. The lowest BCUT2D eigenvalue weighted by molar-refractivity contribution is -0.118. The Morgan fingerprint density at radius 1 is 0.969 bits per heavy atom. The predicted molar refractivity (Wildman–Crippen MR) is 129 cm³/mol. The number of piperazine rings is 1. The molecular formula is C25H27N3O3S. The molecular weight excluding hydrogens is 422 g/mol. The molecule has 2 heterocycles. The first-order valence-corrected chi connectivity index (χ1v) is 11.7. The normalized spacial score (nSPS) is 13.7. The van der Waals surface area contributed by atoms with Gasteiger partial charge >= 0.3 is 0 Å². The van der Waals surface area contributed by atoms with Crippen LogP contribution in [-0.4, -0.2) is 49.5 Å². The number of aryl methyl sites for hydroxylation is 1. The summed E-state index contributed by atoms with van der Waals surface area (Å²) in [7, 11) is 0. The zero-order valence-electron chi connectivity index (χ0n) is 18.1. The van der Waals surface area contributed by atoms with Crippen LogP contribution in [0.1, 0.15) is 22.2 Å². The van der Waals surface area contributed by atoms with Gasteiger partial charge in [0.2, 0.25) is 0 Å².